The van der Waals surface area contributed by atoms with Gasteiger partial charge in [0.1, 0.15) is 5.76 Å². The Morgan fingerprint density at radius 2 is 2.20 bits per heavy atom. The molecule has 0 unspecified atom stereocenters. The Bertz CT molecular complexity index is 684. The van der Waals surface area contributed by atoms with E-state index in [2.05, 4.69) is 15.0 Å². The number of hydrogen-bond donors (Lipinski definition) is 0. The molecule has 2 aliphatic rings. The standard InChI is InChI=1S/C19H25N3O3/c1-13-16(14(2)25-21-13)11-22-9-10-23-19-17(22)6-7-18(19)24-12-15-5-3-4-8-20-15/h3-5,8,17-19H,6-7,9-12H2,1-2H3/t17-,18-,19+/m0/s1. The average Bonchev–Trinajstić information content (AvgIpc) is 3.20. The molecular weight excluding hydrogens is 318 g/mol. The van der Waals surface area contributed by atoms with Gasteiger partial charge in [-0.25, -0.2) is 0 Å². The van der Waals surface area contributed by atoms with Crippen LogP contribution in [-0.4, -0.2) is 46.4 Å². The molecule has 6 nitrogen and oxygen atoms in total. The zero-order chi connectivity index (χ0) is 17.2. The molecule has 1 aliphatic carbocycles. The number of aromatic nitrogens is 2. The minimum absolute atomic E-state index is 0.137. The van der Waals surface area contributed by atoms with E-state index in [1.165, 1.54) is 5.56 Å². The summed E-state index contributed by atoms with van der Waals surface area (Å²) in [4.78, 5) is 6.84. The van der Waals surface area contributed by atoms with E-state index in [-0.39, 0.29) is 12.2 Å². The van der Waals surface area contributed by atoms with Gasteiger partial charge in [0.05, 0.1) is 36.8 Å². The zero-order valence-corrected chi connectivity index (χ0v) is 14.9. The summed E-state index contributed by atoms with van der Waals surface area (Å²) < 4.78 is 17.5. The van der Waals surface area contributed by atoms with Gasteiger partial charge in [-0.2, -0.15) is 0 Å². The first-order valence-corrected chi connectivity index (χ1v) is 9.01. The van der Waals surface area contributed by atoms with E-state index in [0.29, 0.717) is 12.6 Å². The van der Waals surface area contributed by atoms with E-state index >= 15 is 0 Å². The SMILES string of the molecule is Cc1noc(C)c1CN1CCO[C@H]2[C@@H](OCc3ccccn3)CC[C@@H]21. The fourth-order valence-corrected chi connectivity index (χ4v) is 3.97. The Morgan fingerprint density at radius 3 is 2.96 bits per heavy atom. The smallest absolute Gasteiger partial charge is 0.138 e. The lowest BCUT2D eigenvalue weighted by Gasteiger charge is -2.39. The van der Waals surface area contributed by atoms with Crippen LogP contribution in [0.4, 0.5) is 0 Å². The lowest BCUT2D eigenvalue weighted by atomic mass is 10.1. The van der Waals surface area contributed by atoms with Crippen LogP contribution in [0, 0.1) is 13.8 Å². The van der Waals surface area contributed by atoms with Gasteiger partial charge in [-0.05, 0) is 38.8 Å². The van der Waals surface area contributed by atoms with Gasteiger partial charge in [-0.3, -0.25) is 9.88 Å². The van der Waals surface area contributed by atoms with E-state index in [1.807, 2.05) is 32.0 Å². The number of nitrogens with zero attached hydrogens (tertiary/aromatic N) is 3. The minimum atomic E-state index is 0.137. The molecule has 0 radical (unpaired) electrons. The summed E-state index contributed by atoms with van der Waals surface area (Å²) in [5.74, 6) is 0.918. The molecule has 2 fully saturated rings. The van der Waals surface area contributed by atoms with Crippen LogP contribution in [0.15, 0.2) is 28.9 Å². The Morgan fingerprint density at radius 1 is 1.28 bits per heavy atom. The van der Waals surface area contributed by atoms with E-state index < -0.39 is 0 Å². The van der Waals surface area contributed by atoms with Crippen LogP contribution in [0.1, 0.15) is 35.6 Å². The number of morpholine rings is 1. The second-order valence-electron chi connectivity index (χ2n) is 6.92. The number of aryl methyl sites for hydroxylation is 2. The predicted molar refractivity (Wildman–Crippen MR) is 92.0 cm³/mol. The monoisotopic (exact) mass is 343 g/mol. The van der Waals surface area contributed by atoms with Crippen molar-refractivity contribution >= 4 is 0 Å². The van der Waals surface area contributed by atoms with Gasteiger partial charge in [0.15, 0.2) is 0 Å². The first kappa shape index (κ1) is 16.7. The number of hydrogen-bond acceptors (Lipinski definition) is 6. The molecule has 6 heteroatoms. The van der Waals surface area contributed by atoms with E-state index in [1.54, 1.807) is 6.20 Å². The number of pyridine rings is 1. The molecule has 2 aromatic rings. The number of fused-ring (bicyclic) bond motifs is 1. The van der Waals surface area contributed by atoms with Gasteiger partial charge in [0.25, 0.3) is 0 Å². The highest BCUT2D eigenvalue weighted by atomic mass is 16.5. The normalized spacial score (nSPS) is 26.7. The fourth-order valence-electron chi connectivity index (χ4n) is 3.97. The Labute approximate surface area is 148 Å². The van der Waals surface area contributed by atoms with Crippen LogP contribution < -0.4 is 0 Å². The summed E-state index contributed by atoms with van der Waals surface area (Å²) in [5.41, 5.74) is 3.16. The maximum absolute atomic E-state index is 6.14. The lowest BCUT2D eigenvalue weighted by Crippen LogP contribution is -2.51. The Balaban J connectivity index is 1.40. The molecule has 1 aliphatic heterocycles. The average molecular weight is 343 g/mol. The van der Waals surface area contributed by atoms with Gasteiger partial charge in [0.2, 0.25) is 0 Å². The van der Waals surface area contributed by atoms with Gasteiger partial charge in [0, 0.05) is 30.9 Å². The van der Waals surface area contributed by atoms with E-state index in [9.17, 15) is 0 Å². The highest BCUT2D eigenvalue weighted by Gasteiger charge is 2.43. The number of rotatable bonds is 5. The van der Waals surface area contributed by atoms with Gasteiger partial charge in [-0.1, -0.05) is 11.2 Å². The highest BCUT2D eigenvalue weighted by Crippen LogP contribution is 2.34. The lowest BCUT2D eigenvalue weighted by molar-refractivity contribution is -0.119. The Kier molecular flexibility index (Phi) is 4.83. The van der Waals surface area contributed by atoms with Crippen molar-refractivity contribution in [2.45, 2.75) is 58.1 Å². The van der Waals surface area contributed by atoms with Crippen LogP contribution in [0.25, 0.3) is 0 Å². The quantitative estimate of drug-likeness (QED) is 0.832. The molecule has 1 saturated carbocycles. The van der Waals surface area contributed by atoms with E-state index in [4.69, 9.17) is 14.0 Å². The van der Waals surface area contributed by atoms with E-state index in [0.717, 1.165) is 49.7 Å². The van der Waals surface area contributed by atoms with Crippen molar-refractivity contribution in [3.63, 3.8) is 0 Å². The summed E-state index contributed by atoms with van der Waals surface area (Å²) in [6, 6.07) is 6.31. The van der Waals surface area contributed by atoms with Crippen LogP contribution in [0.3, 0.4) is 0 Å². The molecule has 1 saturated heterocycles. The van der Waals surface area contributed by atoms with Crippen molar-refractivity contribution < 1.29 is 14.0 Å². The third-order valence-electron chi connectivity index (χ3n) is 5.36. The molecule has 0 N–H and O–H groups in total. The van der Waals surface area contributed by atoms with Gasteiger partial charge < -0.3 is 14.0 Å². The summed E-state index contributed by atoms with van der Waals surface area (Å²) in [7, 11) is 0. The van der Waals surface area contributed by atoms with Crippen molar-refractivity contribution in [3.8, 4) is 0 Å². The maximum atomic E-state index is 6.14. The fraction of sp³-hybridized carbons (Fsp3) is 0.579. The molecule has 0 bridgehead atoms. The molecule has 3 atom stereocenters. The molecular formula is C19H25N3O3. The second-order valence-corrected chi connectivity index (χ2v) is 6.92. The molecule has 0 aromatic carbocycles. The van der Waals surface area contributed by atoms with Crippen LogP contribution >= 0.6 is 0 Å². The predicted octanol–water partition coefficient (Wildman–Crippen LogP) is 2.64. The second kappa shape index (κ2) is 7.23. The molecule has 2 aromatic heterocycles. The van der Waals surface area contributed by atoms with Crippen LogP contribution in [0.2, 0.25) is 0 Å². The van der Waals surface area contributed by atoms with Crippen molar-refractivity contribution in [1.29, 1.82) is 0 Å². The summed E-state index contributed by atoms with van der Waals surface area (Å²) in [5, 5.41) is 4.08. The molecule has 25 heavy (non-hydrogen) atoms. The minimum Gasteiger partial charge on any atom is -0.373 e. The third kappa shape index (κ3) is 3.47. The van der Waals surface area contributed by atoms with Gasteiger partial charge >= 0.3 is 0 Å². The molecule has 4 rings (SSSR count). The maximum Gasteiger partial charge on any atom is 0.138 e. The first-order chi connectivity index (χ1) is 12.2. The number of ether oxygens (including phenoxy) is 2. The topological polar surface area (TPSA) is 60.6 Å². The molecule has 0 amide bonds. The largest absolute Gasteiger partial charge is 0.373 e. The molecule has 0 spiro atoms. The third-order valence-corrected chi connectivity index (χ3v) is 5.36. The summed E-state index contributed by atoms with van der Waals surface area (Å²) in [6.07, 6.45) is 4.21. The van der Waals surface area contributed by atoms with Crippen LogP contribution in [0.5, 0.6) is 0 Å². The van der Waals surface area contributed by atoms with Crippen molar-refractivity contribution in [3.05, 3.63) is 47.1 Å². The first-order valence-electron chi connectivity index (χ1n) is 9.01. The molecule has 134 valence electrons. The Hall–Kier alpha value is -1.76. The van der Waals surface area contributed by atoms with Crippen molar-refractivity contribution in [2.24, 2.45) is 0 Å². The van der Waals surface area contributed by atoms with Crippen LogP contribution in [-0.2, 0) is 22.6 Å². The van der Waals surface area contributed by atoms with Crippen molar-refractivity contribution in [1.82, 2.24) is 15.0 Å². The summed E-state index contributed by atoms with van der Waals surface area (Å²) >= 11 is 0. The molecule has 3 heterocycles. The zero-order valence-electron chi connectivity index (χ0n) is 14.9. The highest BCUT2D eigenvalue weighted by molar-refractivity contribution is 5.21. The van der Waals surface area contributed by atoms with Gasteiger partial charge in [-0.15, -0.1) is 0 Å². The summed E-state index contributed by atoms with van der Waals surface area (Å²) in [6.45, 7) is 7.10. The van der Waals surface area contributed by atoms with Crippen molar-refractivity contribution in [2.75, 3.05) is 13.2 Å².